The van der Waals surface area contributed by atoms with E-state index in [0.717, 1.165) is 49.7 Å². The monoisotopic (exact) mass is 612 g/mol. The van der Waals surface area contributed by atoms with Gasteiger partial charge in [-0.15, -0.1) is 0 Å². The molecule has 0 aromatic heterocycles. The summed E-state index contributed by atoms with van der Waals surface area (Å²) in [7, 11) is 0. The van der Waals surface area contributed by atoms with Crippen LogP contribution < -0.4 is 9.47 Å². The Labute approximate surface area is 260 Å². The van der Waals surface area contributed by atoms with Gasteiger partial charge >= 0.3 is 17.9 Å². The molecule has 0 spiro atoms. The number of carbonyl (C=O) groups is 4. The smallest absolute Gasteiger partial charge is 0.309 e. The van der Waals surface area contributed by atoms with Gasteiger partial charge < -0.3 is 14.6 Å². The molecule has 3 aliphatic carbocycles. The Kier molecular flexibility index (Phi) is 8.58. The van der Waals surface area contributed by atoms with Crippen LogP contribution in [0.25, 0.3) is 0 Å². The second-order valence-corrected chi connectivity index (χ2v) is 16.3. The molecule has 3 aliphatic rings. The fourth-order valence-corrected chi connectivity index (χ4v) is 9.35. The van der Waals surface area contributed by atoms with Crippen molar-refractivity contribution in [1.29, 1.82) is 0 Å². The van der Waals surface area contributed by atoms with Crippen molar-refractivity contribution >= 4 is 34.8 Å². The highest BCUT2D eigenvalue weighted by Gasteiger charge is 2.61. The summed E-state index contributed by atoms with van der Waals surface area (Å²) >= 11 is 1.27. The molecule has 0 saturated heterocycles. The molecule has 2 fully saturated rings. The number of fused-ring (bicyclic) bond motifs is 5. The number of allylic oxidation sites excluding steroid dienone is 1. The standard InChI is InChI=1S/C35H48O7S/c1-20-28-24(17-25(41-21(2)36)29(20)42-22(3)37)34(9)15-14-33(8)19-32(7,12-11-31(5,6)30(39)40)13-16-35(33,10)27(34)18-26(28)43-23(4)38/h17-18,26H,11-16,19H2,1-10H3,(H,39,40)/t26?,32-,33+,34+,35-/m1/s1. The number of aliphatic carboxylic acids is 1. The Balaban J connectivity index is 1.84. The average molecular weight is 613 g/mol. The maximum absolute atomic E-state index is 12.6. The minimum atomic E-state index is -0.759. The number of ether oxygens (including phenoxy) is 2. The van der Waals surface area contributed by atoms with Crippen molar-refractivity contribution in [3.8, 4) is 11.5 Å². The zero-order chi connectivity index (χ0) is 32.3. The second kappa shape index (κ2) is 11.1. The molecule has 7 nitrogen and oxygen atoms in total. The first-order valence-electron chi connectivity index (χ1n) is 15.4. The van der Waals surface area contributed by atoms with Gasteiger partial charge in [0.2, 0.25) is 0 Å². The van der Waals surface area contributed by atoms with Gasteiger partial charge in [-0.25, -0.2) is 0 Å². The lowest BCUT2D eigenvalue weighted by atomic mass is 9.40. The number of thioether (sulfide) groups is 1. The summed E-state index contributed by atoms with van der Waals surface area (Å²) in [6.07, 6.45) is 8.61. The molecular weight excluding hydrogens is 564 g/mol. The number of rotatable bonds is 7. The van der Waals surface area contributed by atoms with Crippen molar-refractivity contribution in [1.82, 2.24) is 0 Å². The van der Waals surface area contributed by atoms with Crippen LogP contribution in [0.1, 0.15) is 129 Å². The zero-order valence-electron chi connectivity index (χ0n) is 27.5. The zero-order valence-corrected chi connectivity index (χ0v) is 28.3. The van der Waals surface area contributed by atoms with Gasteiger partial charge in [-0.05, 0) is 99.2 Å². The summed E-state index contributed by atoms with van der Waals surface area (Å²) in [6, 6.07) is 1.87. The van der Waals surface area contributed by atoms with E-state index in [2.05, 4.69) is 33.8 Å². The maximum atomic E-state index is 12.6. The third kappa shape index (κ3) is 5.81. The minimum absolute atomic E-state index is 0.00473. The van der Waals surface area contributed by atoms with Gasteiger partial charge in [-0.2, -0.15) is 0 Å². The summed E-state index contributed by atoms with van der Waals surface area (Å²) < 4.78 is 11.2. The third-order valence-corrected chi connectivity index (χ3v) is 12.2. The van der Waals surface area contributed by atoms with Crippen LogP contribution in [-0.2, 0) is 24.6 Å². The third-order valence-electron chi connectivity index (χ3n) is 11.2. The van der Waals surface area contributed by atoms with Crippen LogP contribution in [-0.4, -0.2) is 28.1 Å². The summed E-state index contributed by atoms with van der Waals surface area (Å²) in [4.78, 5) is 48.7. The van der Waals surface area contributed by atoms with E-state index >= 15 is 0 Å². The first-order valence-corrected chi connectivity index (χ1v) is 16.2. The normalized spacial score (nSPS) is 31.6. The highest BCUT2D eigenvalue weighted by atomic mass is 32.2. The summed E-state index contributed by atoms with van der Waals surface area (Å²) in [5.74, 6) is -1.32. The van der Waals surface area contributed by atoms with Crippen LogP contribution >= 0.6 is 11.8 Å². The molecule has 0 heterocycles. The molecule has 0 bridgehead atoms. The van der Waals surface area contributed by atoms with Crippen LogP contribution in [0.2, 0.25) is 0 Å². The molecule has 1 unspecified atom stereocenters. The molecule has 1 aromatic rings. The lowest BCUT2D eigenvalue weighted by Gasteiger charge is -2.65. The molecule has 8 heteroatoms. The number of hydrogen-bond acceptors (Lipinski definition) is 7. The topological polar surface area (TPSA) is 107 Å². The Morgan fingerprint density at radius 1 is 0.977 bits per heavy atom. The number of carboxylic acids is 1. The predicted molar refractivity (Wildman–Crippen MR) is 168 cm³/mol. The molecule has 0 radical (unpaired) electrons. The molecule has 5 atom stereocenters. The van der Waals surface area contributed by atoms with Gasteiger partial charge in [0.05, 0.1) is 10.7 Å². The molecule has 1 aromatic carbocycles. The molecular formula is C35H48O7S. The maximum Gasteiger partial charge on any atom is 0.309 e. The van der Waals surface area contributed by atoms with E-state index in [-0.39, 0.29) is 43.5 Å². The van der Waals surface area contributed by atoms with E-state index in [0.29, 0.717) is 12.0 Å². The Bertz CT molecular complexity index is 1410. The predicted octanol–water partition coefficient (Wildman–Crippen LogP) is 8.25. The summed E-state index contributed by atoms with van der Waals surface area (Å²) in [5, 5.41) is 9.44. The Morgan fingerprint density at radius 3 is 2.16 bits per heavy atom. The molecule has 1 N–H and O–H groups in total. The Morgan fingerprint density at radius 2 is 1.60 bits per heavy atom. The van der Waals surface area contributed by atoms with E-state index in [4.69, 9.17) is 9.47 Å². The largest absolute Gasteiger partial charge is 0.481 e. The number of esters is 2. The molecule has 236 valence electrons. The summed E-state index contributed by atoms with van der Waals surface area (Å²) in [5.41, 5.74) is 2.72. The van der Waals surface area contributed by atoms with Gasteiger partial charge in [0.1, 0.15) is 0 Å². The van der Waals surface area contributed by atoms with Crippen LogP contribution in [0.3, 0.4) is 0 Å². The van der Waals surface area contributed by atoms with Crippen molar-refractivity contribution in [3.05, 3.63) is 34.4 Å². The van der Waals surface area contributed by atoms with Gasteiger partial charge in [0.15, 0.2) is 16.6 Å². The van der Waals surface area contributed by atoms with E-state index in [1.54, 1.807) is 6.92 Å². The van der Waals surface area contributed by atoms with E-state index < -0.39 is 23.3 Å². The van der Waals surface area contributed by atoms with Gasteiger partial charge in [0, 0.05) is 31.7 Å². The van der Waals surface area contributed by atoms with Crippen molar-refractivity contribution < 1.29 is 33.8 Å². The quantitative estimate of drug-likeness (QED) is 0.186. The lowest BCUT2D eigenvalue weighted by molar-refractivity contribution is -0.148. The second-order valence-electron chi connectivity index (χ2n) is 15.0. The van der Waals surface area contributed by atoms with Crippen molar-refractivity contribution in [2.75, 3.05) is 0 Å². The fraction of sp³-hybridized carbons (Fsp3) is 0.657. The van der Waals surface area contributed by atoms with Gasteiger partial charge in [0.25, 0.3) is 0 Å². The van der Waals surface area contributed by atoms with Gasteiger partial charge in [-0.3, -0.25) is 19.2 Å². The number of carbonyl (C=O) groups excluding carboxylic acids is 3. The minimum Gasteiger partial charge on any atom is -0.481 e. The molecule has 0 aliphatic heterocycles. The van der Waals surface area contributed by atoms with Crippen LogP contribution in [0, 0.1) is 28.6 Å². The van der Waals surface area contributed by atoms with E-state index in [1.807, 2.05) is 26.8 Å². The van der Waals surface area contributed by atoms with Crippen molar-refractivity contribution in [3.63, 3.8) is 0 Å². The number of benzene rings is 1. The first kappa shape index (κ1) is 33.3. The van der Waals surface area contributed by atoms with Crippen LogP contribution in [0.5, 0.6) is 11.5 Å². The van der Waals surface area contributed by atoms with Crippen molar-refractivity contribution in [2.45, 2.75) is 125 Å². The van der Waals surface area contributed by atoms with E-state index in [9.17, 15) is 24.3 Å². The van der Waals surface area contributed by atoms with Crippen LogP contribution in [0.15, 0.2) is 17.7 Å². The molecule has 2 saturated carbocycles. The molecule has 0 amide bonds. The van der Waals surface area contributed by atoms with E-state index in [1.165, 1.54) is 31.2 Å². The number of hydrogen-bond donors (Lipinski definition) is 1. The highest BCUT2D eigenvalue weighted by Crippen LogP contribution is 2.71. The van der Waals surface area contributed by atoms with Crippen LogP contribution in [0.4, 0.5) is 0 Å². The first-order chi connectivity index (χ1) is 19.7. The molecule has 4 rings (SSSR count). The fourth-order valence-electron chi connectivity index (χ4n) is 8.37. The number of carboxylic acid groups (broad SMARTS) is 1. The lowest BCUT2D eigenvalue weighted by Crippen LogP contribution is -2.56. The summed E-state index contributed by atoms with van der Waals surface area (Å²) in [6.45, 7) is 19.1. The Hall–Kier alpha value is -2.61. The average Bonchev–Trinajstić information content (AvgIpc) is 2.87. The van der Waals surface area contributed by atoms with Gasteiger partial charge in [-0.1, -0.05) is 51.1 Å². The highest BCUT2D eigenvalue weighted by molar-refractivity contribution is 8.13. The SMILES string of the molecule is CC(=O)Oc1cc2c(c(C)c1OC(C)=O)C(SC(C)=O)C=C1[C@@]2(C)CC[C@@]2(C)C[C@](C)(CCC(C)(C)C(=O)O)CC[C@]12C. The van der Waals surface area contributed by atoms with Crippen molar-refractivity contribution in [2.24, 2.45) is 21.7 Å². The molecule has 43 heavy (non-hydrogen) atoms.